The molecular weight excluding hydrogens is 887 g/mol. The standard InChI is InChI=1S/C45H65N11O8S2/c1-27(2)49-19-6-5-10-33(55-44(64)36(52-38(58)18-21-65)23-28-13-16-32(57)17-14-28)42(62)54-34(11-7-20-50-45(47)48)43(63)56-35(24-29-12-15-30-8-3-4-9-31(30)22-29)41(61)51-25-39(59)53-37(26-66)40(46)60/h3-4,8-9,12-17,22,27,33-37,49,57,65-66H,5-7,10-11,18-21,23-26H2,1-2H3,(H2,46,60)(H,51,61)(H,52,58)(H,53,59)(H,54,62)(H,55,64)(H,56,63)(H4,47,48,50)/t33?,34-,35?,36?,37?/m1/s1. The first kappa shape index (κ1) is 54.3. The first-order valence-corrected chi connectivity index (χ1v) is 23.1. The topological polar surface area (TPSA) is 312 Å². The highest BCUT2D eigenvalue weighted by atomic mass is 32.1. The van der Waals surface area contributed by atoms with E-state index in [2.05, 4.69) is 67.8 Å². The van der Waals surface area contributed by atoms with Gasteiger partial charge in [0, 0.05) is 37.6 Å². The Morgan fingerprint density at radius 1 is 0.621 bits per heavy atom. The van der Waals surface area contributed by atoms with Crippen molar-refractivity contribution >= 4 is 83.3 Å². The van der Waals surface area contributed by atoms with Crippen molar-refractivity contribution in [3.63, 3.8) is 0 Å². The molecule has 5 atom stereocenters. The van der Waals surface area contributed by atoms with E-state index in [0.29, 0.717) is 30.5 Å². The van der Waals surface area contributed by atoms with Crippen molar-refractivity contribution < 1.29 is 38.7 Å². The predicted molar refractivity (Wildman–Crippen MR) is 260 cm³/mol. The van der Waals surface area contributed by atoms with E-state index in [1.54, 1.807) is 18.2 Å². The lowest BCUT2D eigenvalue weighted by atomic mass is 10.00. The van der Waals surface area contributed by atoms with E-state index in [1.807, 2.05) is 50.2 Å². The van der Waals surface area contributed by atoms with Crippen molar-refractivity contribution in [2.45, 2.75) is 101 Å². The van der Waals surface area contributed by atoms with Crippen LogP contribution in [0.3, 0.4) is 0 Å². The van der Waals surface area contributed by atoms with E-state index in [1.165, 1.54) is 12.1 Å². The summed E-state index contributed by atoms with van der Waals surface area (Å²) < 4.78 is 0. The Balaban J connectivity index is 1.94. The second-order valence-electron chi connectivity index (χ2n) is 16.0. The summed E-state index contributed by atoms with van der Waals surface area (Å²) in [5.41, 5.74) is 12.1. The summed E-state index contributed by atoms with van der Waals surface area (Å²) in [6.45, 7) is 4.25. The highest BCUT2D eigenvalue weighted by molar-refractivity contribution is 7.80. The maximum absolute atomic E-state index is 14.3. The van der Waals surface area contributed by atoms with Crippen LogP contribution in [-0.4, -0.2) is 120 Å². The van der Waals surface area contributed by atoms with Crippen molar-refractivity contribution in [3.8, 4) is 5.75 Å². The summed E-state index contributed by atoms with van der Waals surface area (Å²) in [6, 6.07) is 13.5. The van der Waals surface area contributed by atoms with Gasteiger partial charge in [0.05, 0.1) is 6.54 Å². The second-order valence-corrected chi connectivity index (χ2v) is 16.9. The molecule has 14 N–H and O–H groups in total. The minimum atomic E-state index is -1.28. The van der Waals surface area contributed by atoms with Crippen LogP contribution in [0.1, 0.15) is 63.5 Å². The van der Waals surface area contributed by atoms with Crippen LogP contribution in [0.2, 0.25) is 0 Å². The largest absolute Gasteiger partial charge is 0.508 e. The van der Waals surface area contributed by atoms with E-state index in [-0.39, 0.29) is 74.3 Å². The van der Waals surface area contributed by atoms with Gasteiger partial charge in [0.15, 0.2) is 5.96 Å². The minimum Gasteiger partial charge on any atom is -0.508 e. The first-order chi connectivity index (χ1) is 31.5. The Morgan fingerprint density at radius 3 is 1.79 bits per heavy atom. The number of carbonyl (C=O) groups excluding carboxylic acids is 7. The lowest BCUT2D eigenvalue weighted by Crippen LogP contribution is -2.59. The van der Waals surface area contributed by atoms with Crippen LogP contribution in [0.5, 0.6) is 5.75 Å². The molecule has 66 heavy (non-hydrogen) atoms. The first-order valence-electron chi connectivity index (χ1n) is 21.8. The predicted octanol–water partition coefficient (Wildman–Crippen LogP) is 0.0374. The Morgan fingerprint density at radius 2 is 1.18 bits per heavy atom. The van der Waals surface area contributed by atoms with Crippen LogP contribution in [0, 0.1) is 5.41 Å². The van der Waals surface area contributed by atoms with Gasteiger partial charge in [0.1, 0.15) is 36.0 Å². The molecule has 0 fully saturated rings. The SMILES string of the molecule is CC(C)NCCCCC(NC(=O)C(Cc1ccc(O)cc1)NC(=O)CCS)C(=O)N[C@H](CCCNC(=N)N)C(=O)NC(Cc1ccc2ccccc2c1)C(=O)NCC(=O)NC(CS)C(N)=O. The molecule has 7 amide bonds. The third-order valence-electron chi connectivity index (χ3n) is 10.3. The van der Waals surface area contributed by atoms with E-state index in [9.17, 15) is 38.7 Å². The number of carbonyl (C=O) groups is 7. The Hall–Kier alpha value is -6.06. The number of nitrogens with two attached hydrogens (primary N) is 2. The molecule has 21 heteroatoms. The minimum absolute atomic E-state index is 0.00500. The molecular formula is C45H65N11O8S2. The molecule has 0 bridgehead atoms. The summed E-state index contributed by atoms with van der Waals surface area (Å²) in [5.74, 6) is -4.95. The van der Waals surface area contributed by atoms with Crippen LogP contribution in [0.4, 0.5) is 0 Å². The molecule has 360 valence electrons. The number of primary amides is 1. The fourth-order valence-electron chi connectivity index (χ4n) is 6.75. The van der Waals surface area contributed by atoms with Crippen LogP contribution in [-0.2, 0) is 46.4 Å². The number of benzene rings is 3. The summed E-state index contributed by atoms with van der Waals surface area (Å²) in [5, 5.41) is 41.2. The summed E-state index contributed by atoms with van der Waals surface area (Å²) in [4.78, 5) is 93.7. The third kappa shape index (κ3) is 20.0. The fourth-order valence-corrected chi connectivity index (χ4v) is 7.22. The van der Waals surface area contributed by atoms with E-state index < -0.39 is 78.1 Å². The number of amides is 7. The van der Waals surface area contributed by atoms with Gasteiger partial charge in [-0.1, -0.05) is 68.4 Å². The van der Waals surface area contributed by atoms with Crippen LogP contribution in [0.25, 0.3) is 10.8 Å². The molecule has 4 unspecified atom stereocenters. The number of guanidine groups is 1. The number of hydrogen-bond donors (Lipinski definition) is 14. The number of phenolic OH excluding ortho intramolecular Hbond substituents is 1. The Bertz CT molecular complexity index is 2110. The second kappa shape index (κ2) is 28.8. The van der Waals surface area contributed by atoms with Crippen LogP contribution in [0.15, 0.2) is 66.7 Å². The number of unbranched alkanes of at least 4 members (excludes halogenated alkanes) is 1. The zero-order chi connectivity index (χ0) is 48.6. The number of rotatable bonds is 29. The molecule has 3 aromatic carbocycles. The third-order valence-corrected chi connectivity index (χ3v) is 10.8. The molecule has 0 radical (unpaired) electrons. The number of aromatic hydroxyl groups is 1. The maximum Gasteiger partial charge on any atom is 0.243 e. The molecule has 19 nitrogen and oxygen atoms in total. The smallest absolute Gasteiger partial charge is 0.243 e. The van der Waals surface area contributed by atoms with Crippen molar-refractivity contribution in [2.75, 3.05) is 31.1 Å². The Kier molecular flexibility index (Phi) is 23.7. The Labute approximate surface area is 396 Å². The zero-order valence-corrected chi connectivity index (χ0v) is 39.2. The van der Waals surface area contributed by atoms with E-state index in [0.717, 1.165) is 10.8 Å². The zero-order valence-electron chi connectivity index (χ0n) is 37.4. The highest BCUT2D eigenvalue weighted by Crippen LogP contribution is 2.18. The molecule has 0 aliphatic heterocycles. The van der Waals surface area contributed by atoms with Crippen molar-refractivity contribution in [1.82, 2.24) is 42.5 Å². The maximum atomic E-state index is 14.3. The molecule has 0 heterocycles. The number of nitrogens with one attached hydrogen (secondary N) is 9. The average molecular weight is 952 g/mol. The van der Waals surface area contributed by atoms with Gasteiger partial charge in [0.25, 0.3) is 0 Å². The molecule has 0 saturated carbocycles. The van der Waals surface area contributed by atoms with Crippen molar-refractivity contribution in [3.05, 3.63) is 77.9 Å². The average Bonchev–Trinajstić information content (AvgIpc) is 3.27. The summed E-state index contributed by atoms with van der Waals surface area (Å²) in [7, 11) is 0. The molecule has 3 rings (SSSR count). The highest BCUT2D eigenvalue weighted by Gasteiger charge is 2.32. The number of fused-ring (bicyclic) bond motifs is 1. The lowest BCUT2D eigenvalue weighted by Gasteiger charge is -2.27. The van der Waals surface area contributed by atoms with Crippen molar-refractivity contribution in [2.24, 2.45) is 11.5 Å². The molecule has 3 aromatic rings. The lowest BCUT2D eigenvalue weighted by molar-refractivity contribution is -0.135. The van der Waals surface area contributed by atoms with E-state index >= 15 is 0 Å². The van der Waals surface area contributed by atoms with Gasteiger partial charge in [0.2, 0.25) is 41.4 Å². The van der Waals surface area contributed by atoms with Crippen LogP contribution >= 0.6 is 25.3 Å². The quantitative estimate of drug-likeness (QED) is 0.0191. The molecule has 0 saturated heterocycles. The molecule has 0 aliphatic carbocycles. The van der Waals surface area contributed by atoms with Crippen molar-refractivity contribution in [1.29, 1.82) is 5.41 Å². The number of phenols is 1. The van der Waals surface area contributed by atoms with Crippen LogP contribution < -0.4 is 54.0 Å². The molecule has 0 aromatic heterocycles. The van der Waals surface area contributed by atoms with Gasteiger partial charge >= 0.3 is 0 Å². The van der Waals surface area contributed by atoms with Gasteiger partial charge in [-0.25, -0.2) is 0 Å². The molecule has 0 spiro atoms. The normalized spacial score (nSPS) is 13.3. The molecule has 0 aliphatic rings. The summed E-state index contributed by atoms with van der Waals surface area (Å²) >= 11 is 8.17. The van der Waals surface area contributed by atoms with Gasteiger partial charge in [-0.05, 0) is 78.4 Å². The van der Waals surface area contributed by atoms with Gasteiger partial charge in [-0.15, -0.1) is 0 Å². The fraction of sp³-hybridized carbons (Fsp3) is 0.467. The van der Waals surface area contributed by atoms with Gasteiger partial charge in [-0.3, -0.25) is 39.0 Å². The monoisotopic (exact) mass is 951 g/mol. The van der Waals surface area contributed by atoms with E-state index in [4.69, 9.17) is 16.9 Å². The number of hydrogen-bond acceptors (Lipinski definition) is 12. The van der Waals surface area contributed by atoms with Gasteiger partial charge in [-0.2, -0.15) is 25.3 Å². The van der Waals surface area contributed by atoms with Gasteiger partial charge < -0.3 is 59.1 Å². The number of thiol groups is 2. The summed E-state index contributed by atoms with van der Waals surface area (Å²) in [6.07, 6.45) is 1.57.